The Balaban J connectivity index is 2.15. The van der Waals surface area contributed by atoms with Crippen LogP contribution in [0.1, 0.15) is 18.6 Å². The Kier molecular flexibility index (Phi) is 3.91. The Labute approximate surface area is 113 Å². The number of nitro groups is 1. The first-order valence-corrected chi connectivity index (χ1v) is 5.82. The Morgan fingerprint density at radius 3 is 2.89 bits per heavy atom. The number of hydrogen-bond acceptors (Lipinski definition) is 7. The van der Waals surface area contributed by atoms with Crippen LogP contribution in [0.5, 0.6) is 0 Å². The summed E-state index contributed by atoms with van der Waals surface area (Å²) in [7, 11) is 0. The summed E-state index contributed by atoms with van der Waals surface area (Å²) in [4.78, 5) is 21.6. The van der Waals surface area contributed by atoms with E-state index in [0.717, 1.165) is 18.5 Å². The maximum Gasteiger partial charge on any atom is 0.348 e. The SMILES string of the molecule is CCc1cnc(CNc2ncnc(Cl)c2[N+](=O)[O-])o1. The molecule has 2 aromatic heterocycles. The number of aromatic nitrogens is 3. The predicted octanol–water partition coefficient (Wildman–Crippen LogP) is 2.20. The molecule has 0 fully saturated rings. The van der Waals surface area contributed by atoms with Crippen LogP contribution in [-0.4, -0.2) is 19.9 Å². The number of halogens is 1. The van der Waals surface area contributed by atoms with Crippen molar-refractivity contribution in [1.29, 1.82) is 0 Å². The molecule has 0 spiro atoms. The van der Waals surface area contributed by atoms with Crippen molar-refractivity contribution in [2.45, 2.75) is 19.9 Å². The molecule has 19 heavy (non-hydrogen) atoms. The van der Waals surface area contributed by atoms with Crippen LogP contribution in [0.25, 0.3) is 0 Å². The van der Waals surface area contributed by atoms with Crippen LogP contribution >= 0.6 is 11.6 Å². The topological polar surface area (TPSA) is 107 Å². The van der Waals surface area contributed by atoms with Crippen LogP contribution in [0.2, 0.25) is 5.15 Å². The van der Waals surface area contributed by atoms with Crippen LogP contribution in [0.3, 0.4) is 0 Å². The molecule has 0 radical (unpaired) electrons. The minimum atomic E-state index is -0.641. The molecule has 0 bridgehead atoms. The van der Waals surface area contributed by atoms with Crippen molar-refractivity contribution in [2.24, 2.45) is 0 Å². The Morgan fingerprint density at radius 2 is 2.26 bits per heavy atom. The summed E-state index contributed by atoms with van der Waals surface area (Å²) >= 11 is 5.66. The molecule has 0 aliphatic rings. The highest BCUT2D eigenvalue weighted by Gasteiger charge is 2.21. The van der Waals surface area contributed by atoms with Crippen LogP contribution in [0.4, 0.5) is 11.5 Å². The summed E-state index contributed by atoms with van der Waals surface area (Å²) in [5, 5.41) is 13.4. The minimum Gasteiger partial charge on any atom is -0.444 e. The quantitative estimate of drug-likeness (QED) is 0.509. The van der Waals surface area contributed by atoms with Gasteiger partial charge in [-0.2, -0.15) is 0 Å². The first kappa shape index (κ1) is 13.2. The summed E-state index contributed by atoms with van der Waals surface area (Å²) in [5.41, 5.74) is -0.369. The van der Waals surface area contributed by atoms with Crippen LogP contribution in [0.15, 0.2) is 16.9 Å². The molecular weight excluding hydrogens is 274 g/mol. The number of rotatable bonds is 5. The molecule has 2 aromatic rings. The van der Waals surface area contributed by atoms with Crippen molar-refractivity contribution >= 4 is 23.1 Å². The van der Waals surface area contributed by atoms with Gasteiger partial charge >= 0.3 is 5.69 Å². The summed E-state index contributed by atoms with van der Waals surface area (Å²) in [6, 6.07) is 0. The van der Waals surface area contributed by atoms with Gasteiger partial charge in [0.15, 0.2) is 0 Å². The predicted molar refractivity (Wildman–Crippen MR) is 66.9 cm³/mol. The van der Waals surface area contributed by atoms with Crippen molar-refractivity contribution in [3.05, 3.63) is 39.4 Å². The molecule has 0 aliphatic heterocycles. The summed E-state index contributed by atoms with van der Waals surface area (Å²) in [6.45, 7) is 2.11. The van der Waals surface area contributed by atoms with E-state index in [1.54, 1.807) is 6.20 Å². The first-order chi connectivity index (χ1) is 9.11. The van der Waals surface area contributed by atoms with Gasteiger partial charge in [-0.05, 0) is 0 Å². The van der Waals surface area contributed by atoms with Crippen molar-refractivity contribution in [3.8, 4) is 0 Å². The smallest absolute Gasteiger partial charge is 0.348 e. The second-order valence-corrected chi connectivity index (χ2v) is 3.90. The van der Waals surface area contributed by atoms with Crippen molar-refractivity contribution in [2.75, 3.05) is 5.32 Å². The number of nitrogens with zero attached hydrogens (tertiary/aromatic N) is 4. The van der Waals surface area contributed by atoms with Gasteiger partial charge in [0.2, 0.25) is 16.9 Å². The fourth-order valence-electron chi connectivity index (χ4n) is 1.40. The molecule has 0 unspecified atom stereocenters. The third kappa shape index (κ3) is 2.97. The maximum atomic E-state index is 10.9. The second-order valence-electron chi connectivity index (χ2n) is 3.55. The lowest BCUT2D eigenvalue weighted by Gasteiger charge is -2.03. The van der Waals surface area contributed by atoms with Gasteiger partial charge in [-0.1, -0.05) is 18.5 Å². The van der Waals surface area contributed by atoms with Gasteiger partial charge in [0.05, 0.1) is 17.7 Å². The molecule has 0 saturated carbocycles. The van der Waals surface area contributed by atoms with Crippen LogP contribution in [-0.2, 0) is 13.0 Å². The number of nitrogens with one attached hydrogen (secondary N) is 1. The second kappa shape index (κ2) is 5.61. The van der Waals surface area contributed by atoms with E-state index < -0.39 is 4.92 Å². The van der Waals surface area contributed by atoms with Gasteiger partial charge < -0.3 is 9.73 Å². The van der Waals surface area contributed by atoms with E-state index in [0.29, 0.717) is 5.89 Å². The highest BCUT2D eigenvalue weighted by Crippen LogP contribution is 2.28. The molecule has 0 amide bonds. The lowest BCUT2D eigenvalue weighted by Crippen LogP contribution is -2.06. The van der Waals surface area contributed by atoms with Gasteiger partial charge in [0.1, 0.15) is 12.1 Å². The van der Waals surface area contributed by atoms with Gasteiger partial charge in [-0.15, -0.1) is 0 Å². The van der Waals surface area contributed by atoms with E-state index in [1.165, 1.54) is 0 Å². The Morgan fingerprint density at radius 1 is 1.47 bits per heavy atom. The zero-order valence-electron chi connectivity index (χ0n) is 9.96. The highest BCUT2D eigenvalue weighted by molar-refractivity contribution is 6.31. The molecule has 2 heterocycles. The molecule has 100 valence electrons. The van der Waals surface area contributed by atoms with E-state index in [4.69, 9.17) is 16.0 Å². The summed E-state index contributed by atoms with van der Waals surface area (Å²) in [6.07, 6.45) is 3.48. The monoisotopic (exact) mass is 283 g/mol. The van der Waals surface area contributed by atoms with Gasteiger partial charge in [-0.3, -0.25) is 10.1 Å². The standard InChI is InChI=1S/C10H10ClN5O3/c1-2-6-3-12-7(19-6)4-13-10-8(16(17)18)9(11)14-5-15-10/h3,5H,2,4H2,1H3,(H,13,14,15). The van der Waals surface area contributed by atoms with Crippen molar-refractivity contribution in [3.63, 3.8) is 0 Å². The number of oxazole rings is 1. The van der Waals surface area contributed by atoms with Crippen LogP contribution < -0.4 is 5.32 Å². The van der Waals surface area contributed by atoms with E-state index >= 15 is 0 Å². The van der Waals surface area contributed by atoms with Gasteiger partial charge in [0, 0.05) is 6.42 Å². The highest BCUT2D eigenvalue weighted by atomic mass is 35.5. The fourth-order valence-corrected chi connectivity index (χ4v) is 1.60. The molecule has 0 aromatic carbocycles. The lowest BCUT2D eigenvalue weighted by atomic mass is 10.4. The maximum absolute atomic E-state index is 10.9. The van der Waals surface area contributed by atoms with E-state index in [-0.39, 0.29) is 23.2 Å². The normalized spacial score (nSPS) is 10.4. The van der Waals surface area contributed by atoms with Crippen molar-refractivity contribution in [1.82, 2.24) is 15.0 Å². The summed E-state index contributed by atoms with van der Waals surface area (Å²) < 4.78 is 5.37. The van der Waals surface area contributed by atoms with Gasteiger partial charge in [0.25, 0.3) is 0 Å². The molecule has 2 rings (SSSR count). The minimum absolute atomic E-state index is 0.0289. The number of anilines is 1. The summed E-state index contributed by atoms with van der Waals surface area (Å²) in [5.74, 6) is 1.19. The Bertz CT molecular complexity index is 601. The first-order valence-electron chi connectivity index (χ1n) is 5.44. The van der Waals surface area contributed by atoms with E-state index in [2.05, 4.69) is 20.3 Å². The Hall–Kier alpha value is -2.22. The average molecular weight is 284 g/mol. The molecule has 0 aliphatic carbocycles. The number of hydrogen-bond donors (Lipinski definition) is 1. The molecular formula is C10H10ClN5O3. The molecule has 8 nitrogen and oxygen atoms in total. The number of aryl methyl sites for hydroxylation is 1. The molecule has 9 heteroatoms. The average Bonchev–Trinajstić information content (AvgIpc) is 2.83. The molecule has 0 saturated heterocycles. The van der Waals surface area contributed by atoms with E-state index in [9.17, 15) is 10.1 Å². The zero-order valence-corrected chi connectivity index (χ0v) is 10.7. The third-order valence-corrected chi connectivity index (χ3v) is 2.59. The molecule has 1 N–H and O–H groups in total. The zero-order chi connectivity index (χ0) is 13.8. The largest absolute Gasteiger partial charge is 0.444 e. The third-order valence-electron chi connectivity index (χ3n) is 2.32. The van der Waals surface area contributed by atoms with Gasteiger partial charge in [-0.25, -0.2) is 15.0 Å². The molecule has 0 atom stereocenters. The van der Waals surface area contributed by atoms with Crippen LogP contribution in [0, 0.1) is 10.1 Å². The van der Waals surface area contributed by atoms with E-state index in [1.807, 2.05) is 6.92 Å². The lowest BCUT2D eigenvalue weighted by molar-refractivity contribution is -0.384. The fraction of sp³-hybridized carbons (Fsp3) is 0.300. The van der Waals surface area contributed by atoms with Crippen molar-refractivity contribution < 1.29 is 9.34 Å².